The van der Waals surface area contributed by atoms with Crippen LogP contribution in [0.25, 0.3) is 0 Å². The van der Waals surface area contributed by atoms with Crippen LogP contribution < -0.4 is 0 Å². The molecule has 1 aliphatic carbocycles. The number of aliphatic hydroxyl groups excluding tert-OH is 1. The first-order valence-corrected chi connectivity index (χ1v) is 5.48. The molecule has 0 heterocycles. The fourth-order valence-corrected chi connectivity index (χ4v) is 1.37. The number of amides is 1. The molecule has 0 atom stereocenters. The third kappa shape index (κ3) is 4.62. The van der Waals surface area contributed by atoms with Gasteiger partial charge in [-0.3, -0.25) is 4.79 Å². The van der Waals surface area contributed by atoms with Crippen LogP contribution >= 0.6 is 0 Å². The molecule has 1 rings (SSSR count). The molecule has 88 valence electrons. The van der Waals surface area contributed by atoms with Crippen LogP contribution in [-0.4, -0.2) is 47.3 Å². The summed E-state index contributed by atoms with van der Waals surface area (Å²) in [5.74, 6) is -0.0125. The Morgan fingerprint density at radius 3 is 2.47 bits per heavy atom. The molecule has 0 unspecified atom stereocenters. The molecule has 1 aliphatic rings. The molecule has 0 spiro atoms. The van der Waals surface area contributed by atoms with Crippen molar-refractivity contribution < 1.29 is 14.6 Å². The molecule has 0 aliphatic heterocycles. The summed E-state index contributed by atoms with van der Waals surface area (Å²) < 4.78 is 5.42. The van der Waals surface area contributed by atoms with Crippen molar-refractivity contribution in [3.8, 4) is 0 Å². The summed E-state index contributed by atoms with van der Waals surface area (Å²) in [5.41, 5.74) is -0.288. The lowest BCUT2D eigenvalue weighted by Gasteiger charge is -2.24. The normalized spacial score (nSPS) is 16.5. The van der Waals surface area contributed by atoms with E-state index in [-0.39, 0.29) is 24.7 Å². The Labute approximate surface area is 91.2 Å². The number of rotatable bonds is 5. The summed E-state index contributed by atoms with van der Waals surface area (Å²) in [6.45, 7) is 6.34. The maximum atomic E-state index is 11.8. The molecule has 4 heteroatoms. The Bertz CT molecular complexity index is 218. The van der Waals surface area contributed by atoms with E-state index in [1.165, 1.54) is 0 Å². The van der Waals surface area contributed by atoms with Crippen LogP contribution in [0.1, 0.15) is 33.6 Å². The number of nitrogens with zero attached hydrogens (tertiary/aromatic N) is 1. The van der Waals surface area contributed by atoms with Gasteiger partial charge in [-0.05, 0) is 33.6 Å². The monoisotopic (exact) mass is 215 g/mol. The molecule has 0 aromatic heterocycles. The number of carbonyl (C=O) groups is 1. The molecule has 0 aromatic carbocycles. The molecule has 1 amide bonds. The van der Waals surface area contributed by atoms with E-state index in [0.29, 0.717) is 12.6 Å². The summed E-state index contributed by atoms with van der Waals surface area (Å²) in [6, 6.07) is 0.341. The number of hydrogen-bond donors (Lipinski definition) is 1. The van der Waals surface area contributed by atoms with Crippen LogP contribution in [-0.2, 0) is 9.53 Å². The zero-order valence-electron chi connectivity index (χ0n) is 9.82. The lowest BCUT2D eigenvalue weighted by atomic mass is 10.2. The summed E-state index contributed by atoms with van der Waals surface area (Å²) in [5, 5.41) is 8.86. The van der Waals surface area contributed by atoms with Gasteiger partial charge in [0.2, 0.25) is 5.91 Å². The predicted molar refractivity (Wildman–Crippen MR) is 57.5 cm³/mol. The highest BCUT2D eigenvalue weighted by atomic mass is 16.5. The molecule has 0 saturated heterocycles. The van der Waals surface area contributed by atoms with E-state index in [9.17, 15) is 4.79 Å². The Hall–Kier alpha value is -0.610. The molecule has 15 heavy (non-hydrogen) atoms. The van der Waals surface area contributed by atoms with Crippen LogP contribution in [0.2, 0.25) is 0 Å². The van der Waals surface area contributed by atoms with E-state index in [1.54, 1.807) is 4.90 Å². The first-order chi connectivity index (χ1) is 6.94. The van der Waals surface area contributed by atoms with Crippen LogP contribution in [0, 0.1) is 0 Å². The molecule has 0 bridgehead atoms. The van der Waals surface area contributed by atoms with Crippen LogP contribution in [0.4, 0.5) is 0 Å². The van der Waals surface area contributed by atoms with E-state index in [0.717, 1.165) is 12.8 Å². The van der Waals surface area contributed by atoms with Crippen molar-refractivity contribution in [3.63, 3.8) is 0 Å². The maximum Gasteiger partial charge on any atom is 0.248 e. The van der Waals surface area contributed by atoms with Crippen molar-refractivity contribution in [2.75, 3.05) is 19.8 Å². The Balaban J connectivity index is 2.35. The molecule has 1 N–H and O–H groups in total. The van der Waals surface area contributed by atoms with Gasteiger partial charge >= 0.3 is 0 Å². The smallest absolute Gasteiger partial charge is 0.248 e. The highest BCUT2D eigenvalue weighted by Gasteiger charge is 2.32. The van der Waals surface area contributed by atoms with E-state index < -0.39 is 0 Å². The van der Waals surface area contributed by atoms with Gasteiger partial charge in [0.1, 0.15) is 6.61 Å². The summed E-state index contributed by atoms with van der Waals surface area (Å²) in [4.78, 5) is 13.5. The Morgan fingerprint density at radius 2 is 2.07 bits per heavy atom. The highest BCUT2D eigenvalue weighted by molar-refractivity contribution is 5.78. The van der Waals surface area contributed by atoms with Crippen LogP contribution in [0.15, 0.2) is 0 Å². The van der Waals surface area contributed by atoms with Crippen LogP contribution in [0.3, 0.4) is 0 Å². The number of hydrogen-bond acceptors (Lipinski definition) is 3. The summed E-state index contributed by atoms with van der Waals surface area (Å²) >= 11 is 0. The fourth-order valence-electron chi connectivity index (χ4n) is 1.37. The molecular formula is C11H21NO3. The second-order valence-electron chi connectivity index (χ2n) is 4.94. The van der Waals surface area contributed by atoms with E-state index in [2.05, 4.69) is 0 Å². The van der Waals surface area contributed by atoms with Crippen molar-refractivity contribution >= 4 is 5.91 Å². The van der Waals surface area contributed by atoms with E-state index in [4.69, 9.17) is 9.84 Å². The minimum Gasteiger partial charge on any atom is -0.395 e. The van der Waals surface area contributed by atoms with Crippen molar-refractivity contribution in [1.82, 2.24) is 4.90 Å². The maximum absolute atomic E-state index is 11.8. The van der Waals surface area contributed by atoms with Gasteiger partial charge in [0.15, 0.2) is 0 Å². The van der Waals surface area contributed by atoms with Gasteiger partial charge in [0.05, 0.1) is 12.2 Å². The van der Waals surface area contributed by atoms with Crippen LogP contribution in [0.5, 0.6) is 0 Å². The lowest BCUT2D eigenvalue weighted by Crippen LogP contribution is -2.39. The molecular weight excluding hydrogens is 194 g/mol. The Morgan fingerprint density at radius 1 is 1.47 bits per heavy atom. The number of aliphatic hydroxyl groups is 1. The third-order valence-corrected chi connectivity index (χ3v) is 2.28. The predicted octanol–water partition coefficient (Wildman–Crippen LogP) is 0.785. The SMILES string of the molecule is CC(C)(C)OCC(=O)N(CCO)C1CC1. The Kier molecular flexibility index (Phi) is 4.11. The summed E-state index contributed by atoms with van der Waals surface area (Å²) in [6.07, 6.45) is 2.11. The topological polar surface area (TPSA) is 49.8 Å². The van der Waals surface area contributed by atoms with E-state index >= 15 is 0 Å². The largest absolute Gasteiger partial charge is 0.395 e. The molecule has 0 radical (unpaired) electrons. The van der Waals surface area contributed by atoms with Gasteiger partial charge in [-0.2, -0.15) is 0 Å². The molecule has 0 aromatic rings. The fraction of sp³-hybridized carbons (Fsp3) is 0.909. The minimum atomic E-state index is -0.288. The zero-order valence-corrected chi connectivity index (χ0v) is 9.82. The molecule has 4 nitrogen and oxygen atoms in total. The first kappa shape index (κ1) is 12.5. The van der Waals surface area contributed by atoms with Gasteiger partial charge < -0.3 is 14.7 Å². The lowest BCUT2D eigenvalue weighted by molar-refractivity contribution is -0.142. The van der Waals surface area contributed by atoms with Gasteiger partial charge in [-0.15, -0.1) is 0 Å². The van der Waals surface area contributed by atoms with Crippen molar-refractivity contribution in [3.05, 3.63) is 0 Å². The van der Waals surface area contributed by atoms with Gasteiger partial charge in [0.25, 0.3) is 0 Å². The van der Waals surface area contributed by atoms with Crippen molar-refractivity contribution in [2.45, 2.75) is 45.3 Å². The standard InChI is InChI=1S/C11H21NO3/c1-11(2,3)15-8-10(14)12(6-7-13)9-4-5-9/h9,13H,4-8H2,1-3H3. The third-order valence-electron chi connectivity index (χ3n) is 2.28. The van der Waals surface area contributed by atoms with Crippen molar-refractivity contribution in [1.29, 1.82) is 0 Å². The molecule has 1 saturated carbocycles. The molecule has 1 fully saturated rings. The quantitative estimate of drug-likeness (QED) is 0.737. The highest BCUT2D eigenvalue weighted by Crippen LogP contribution is 2.26. The first-order valence-electron chi connectivity index (χ1n) is 5.48. The van der Waals surface area contributed by atoms with Gasteiger partial charge in [-0.25, -0.2) is 0 Å². The second kappa shape index (κ2) is 4.94. The van der Waals surface area contributed by atoms with E-state index in [1.807, 2.05) is 20.8 Å². The second-order valence-corrected chi connectivity index (χ2v) is 4.94. The summed E-state index contributed by atoms with van der Waals surface area (Å²) in [7, 11) is 0. The van der Waals surface area contributed by atoms with Gasteiger partial charge in [0, 0.05) is 12.6 Å². The number of carbonyl (C=O) groups excluding carboxylic acids is 1. The average molecular weight is 215 g/mol. The number of ether oxygens (including phenoxy) is 1. The van der Waals surface area contributed by atoms with Crippen molar-refractivity contribution in [2.24, 2.45) is 0 Å². The zero-order chi connectivity index (χ0) is 11.5. The van der Waals surface area contributed by atoms with Gasteiger partial charge in [-0.1, -0.05) is 0 Å². The average Bonchev–Trinajstić information content (AvgIpc) is 2.92. The minimum absolute atomic E-state index is 0.0125.